The largest absolute Gasteiger partial charge is 0.388 e. The topological polar surface area (TPSA) is 46.2 Å². The monoisotopic (exact) mass is 225 g/mol. The Labute approximate surface area is 95.9 Å². The van der Waals surface area contributed by atoms with Crippen molar-refractivity contribution in [1.82, 2.24) is 0 Å². The molecule has 1 rings (SSSR count). The maximum atomic E-state index is 9.78. The van der Waals surface area contributed by atoms with Crippen molar-refractivity contribution < 1.29 is 5.11 Å². The number of benzene rings is 1. The Bertz CT molecular complexity index is 302. The van der Waals surface area contributed by atoms with Gasteiger partial charge in [0.05, 0.1) is 11.6 Å². The van der Waals surface area contributed by atoms with Gasteiger partial charge in [-0.15, -0.1) is 11.8 Å². The zero-order chi connectivity index (χ0) is 11.5. The molecular formula is C12H19NOS. The third kappa shape index (κ3) is 3.52. The highest BCUT2D eigenvalue weighted by molar-refractivity contribution is 7.99. The highest BCUT2D eigenvalue weighted by Gasteiger charge is 2.24. The fraction of sp³-hybridized carbons (Fsp3) is 0.500. The van der Waals surface area contributed by atoms with E-state index in [0.717, 1.165) is 11.3 Å². The second kappa shape index (κ2) is 5.01. The third-order valence-corrected chi connectivity index (χ3v) is 3.21. The van der Waals surface area contributed by atoms with E-state index < -0.39 is 5.60 Å². The lowest BCUT2D eigenvalue weighted by Gasteiger charge is -2.26. The number of hydrogen-bond acceptors (Lipinski definition) is 3. The number of rotatable bonds is 4. The van der Waals surface area contributed by atoms with Gasteiger partial charge in [0.25, 0.3) is 0 Å². The molecule has 1 unspecified atom stereocenters. The summed E-state index contributed by atoms with van der Waals surface area (Å²) in [6.45, 7) is 5.58. The number of thioether (sulfide) groups is 1. The predicted molar refractivity (Wildman–Crippen MR) is 66.1 cm³/mol. The van der Waals surface area contributed by atoms with E-state index in [1.54, 1.807) is 25.6 Å². The van der Waals surface area contributed by atoms with Crippen LogP contribution in [0.2, 0.25) is 0 Å². The first kappa shape index (κ1) is 12.6. The van der Waals surface area contributed by atoms with Gasteiger partial charge < -0.3 is 10.8 Å². The maximum absolute atomic E-state index is 9.78. The molecule has 0 amide bonds. The van der Waals surface area contributed by atoms with Gasteiger partial charge >= 0.3 is 0 Å². The van der Waals surface area contributed by atoms with Crippen LogP contribution in [0.1, 0.15) is 32.4 Å². The van der Waals surface area contributed by atoms with E-state index in [1.165, 1.54) is 4.90 Å². The van der Waals surface area contributed by atoms with Gasteiger partial charge in [-0.3, -0.25) is 0 Å². The molecule has 0 radical (unpaired) electrons. The number of aliphatic hydroxyl groups is 1. The Balaban J connectivity index is 2.80. The molecule has 1 aromatic rings. The van der Waals surface area contributed by atoms with Gasteiger partial charge in [0.1, 0.15) is 0 Å². The van der Waals surface area contributed by atoms with Crippen LogP contribution in [-0.2, 0) is 0 Å². The van der Waals surface area contributed by atoms with Crippen LogP contribution in [0.5, 0.6) is 0 Å². The Kier molecular flexibility index (Phi) is 4.20. The van der Waals surface area contributed by atoms with Crippen molar-refractivity contribution in [3.05, 3.63) is 29.8 Å². The Morgan fingerprint density at radius 2 is 1.87 bits per heavy atom. The molecule has 15 heavy (non-hydrogen) atoms. The quantitative estimate of drug-likeness (QED) is 0.774. The van der Waals surface area contributed by atoms with Gasteiger partial charge in [0.15, 0.2) is 0 Å². The molecular weight excluding hydrogens is 206 g/mol. The van der Waals surface area contributed by atoms with Crippen molar-refractivity contribution in [2.75, 3.05) is 5.75 Å². The van der Waals surface area contributed by atoms with Crippen molar-refractivity contribution in [3.63, 3.8) is 0 Å². The highest BCUT2D eigenvalue weighted by Crippen LogP contribution is 2.25. The highest BCUT2D eigenvalue weighted by atomic mass is 32.2. The second-order valence-electron chi connectivity index (χ2n) is 4.13. The summed E-state index contributed by atoms with van der Waals surface area (Å²) in [5.74, 6) is 1.07. The minimum atomic E-state index is -0.876. The average molecular weight is 225 g/mol. The summed E-state index contributed by atoms with van der Waals surface area (Å²) in [5, 5.41) is 9.78. The maximum Gasteiger partial charge on any atom is 0.0783 e. The van der Waals surface area contributed by atoms with E-state index >= 15 is 0 Å². The molecule has 84 valence electrons. The predicted octanol–water partition coefficient (Wildman–Crippen LogP) is 2.57. The molecule has 0 bridgehead atoms. The zero-order valence-electron chi connectivity index (χ0n) is 9.53. The van der Waals surface area contributed by atoms with Crippen LogP contribution in [0.15, 0.2) is 29.2 Å². The summed E-state index contributed by atoms with van der Waals surface area (Å²) in [6.07, 6.45) is 0. The molecule has 1 atom stereocenters. The van der Waals surface area contributed by atoms with Crippen molar-refractivity contribution in [3.8, 4) is 0 Å². The van der Waals surface area contributed by atoms with Gasteiger partial charge in [0, 0.05) is 4.90 Å². The molecule has 2 nitrogen and oxygen atoms in total. The average Bonchev–Trinajstić information content (AvgIpc) is 2.17. The first-order valence-corrected chi connectivity index (χ1v) is 6.14. The molecule has 3 heteroatoms. The van der Waals surface area contributed by atoms with Crippen molar-refractivity contribution in [2.24, 2.45) is 5.73 Å². The molecule has 0 heterocycles. The minimum absolute atomic E-state index is 0.335. The van der Waals surface area contributed by atoms with E-state index in [1.807, 2.05) is 12.1 Å². The zero-order valence-corrected chi connectivity index (χ0v) is 10.3. The van der Waals surface area contributed by atoms with Crippen LogP contribution in [0.4, 0.5) is 0 Å². The smallest absolute Gasteiger partial charge is 0.0783 e. The van der Waals surface area contributed by atoms with E-state index in [9.17, 15) is 5.11 Å². The lowest BCUT2D eigenvalue weighted by molar-refractivity contribution is 0.0517. The van der Waals surface area contributed by atoms with Crippen molar-refractivity contribution in [1.29, 1.82) is 0 Å². The summed E-state index contributed by atoms with van der Waals surface area (Å²) < 4.78 is 0. The van der Waals surface area contributed by atoms with Gasteiger partial charge in [-0.25, -0.2) is 0 Å². The van der Waals surface area contributed by atoms with Crippen LogP contribution in [0.25, 0.3) is 0 Å². The summed E-state index contributed by atoms with van der Waals surface area (Å²) in [7, 11) is 0. The fourth-order valence-electron chi connectivity index (χ4n) is 1.35. The lowest BCUT2D eigenvalue weighted by atomic mass is 9.93. The third-order valence-electron chi connectivity index (χ3n) is 2.31. The summed E-state index contributed by atoms with van der Waals surface area (Å²) >= 11 is 1.80. The van der Waals surface area contributed by atoms with E-state index in [0.29, 0.717) is 0 Å². The van der Waals surface area contributed by atoms with Crippen LogP contribution < -0.4 is 5.73 Å². The van der Waals surface area contributed by atoms with Crippen LogP contribution in [0.3, 0.4) is 0 Å². The Hall–Kier alpha value is -0.510. The molecule has 1 aromatic carbocycles. The number of hydrogen-bond donors (Lipinski definition) is 2. The summed E-state index contributed by atoms with van der Waals surface area (Å²) in [5.41, 5.74) is 6.04. The van der Waals surface area contributed by atoms with Gasteiger partial charge in [-0.1, -0.05) is 19.1 Å². The molecule has 0 aromatic heterocycles. The molecule has 0 saturated heterocycles. The lowest BCUT2D eigenvalue weighted by Crippen LogP contribution is -2.34. The molecule has 0 aliphatic rings. The molecule has 0 spiro atoms. The minimum Gasteiger partial charge on any atom is -0.388 e. The Morgan fingerprint density at radius 3 is 2.27 bits per heavy atom. The summed E-state index contributed by atoms with van der Waals surface area (Å²) in [6, 6.07) is 7.74. The van der Waals surface area contributed by atoms with Crippen LogP contribution >= 0.6 is 11.8 Å². The molecule has 0 aliphatic heterocycles. The normalized spacial score (nSPS) is 13.9. The molecule has 3 N–H and O–H groups in total. The SMILES string of the molecule is CCSc1ccc(C(N)C(C)(C)O)cc1. The van der Waals surface area contributed by atoms with Crippen molar-refractivity contribution >= 4 is 11.8 Å². The molecule has 0 fully saturated rings. The van der Waals surface area contributed by atoms with E-state index in [2.05, 4.69) is 19.1 Å². The van der Waals surface area contributed by atoms with Gasteiger partial charge in [0.2, 0.25) is 0 Å². The molecule has 0 saturated carbocycles. The number of nitrogens with two attached hydrogens (primary N) is 1. The standard InChI is InChI=1S/C12H19NOS/c1-4-15-10-7-5-9(6-8-10)11(13)12(2,3)14/h5-8,11,14H,4,13H2,1-3H3. The fourth-order valence-corrected chi connectivity index (χ4v) is 2.01. The van der Waals surface area contributed by atoms with Crippen molar-refractivity contribution in [2.45, 2.75) is 37.3 Å². The Morgan fingerprint density at radius 1 is 1.33 bits per heavy atom. The van der Waals surface area contributed by atoms with Gasteiger partial charge in [-0.05, 0) is 37.3 Å². The summed E-state index contributed by atoms with van der Waals surface area (Å²) in [4.78, 5) is 1.24. The second-order valence-corrected chi connectivity index (χ2v) is 5.47. The first-order valence-electron chi connectivity index (χ1n) is 5.16. The molecule has 0 aliphatic carbocycles. The van der Waals surface area contributed by atoms with E-state index in [-0.39, 0.29) is 6.04 Å². The van der Waals surface area contributed by atoms with Crippen LogP contribution in [-0.4, -0.2) is 16.5 Å². The first-order chi connectivity index (χ1) is 6.95. The van der Waals surface area contributed by atoms with E-state index in [4.69, 9.17) is 5.73 Å². The van der Waals surface area contributed by atoms with Crippen LogP contribution in [0, 0.1) is 0 Å². The van der Waals surface area contributed by atoms with Gasteiger partial charge in [-0.2, -0.15) is 0 Å².